The van der Waals surface area contributed by atoms with Gasteiger partial charge in [-0.3, -0.25) is 4.79 Å². The lowest BCUT2D eigenvalue weighted by Crippen LogP contribution is -2.23. The second-order valence-electron chi connectivity index (χ2n) is 5.36. The molecule has 0 aromatic heterocycles. The molecule has 0 saturated carbocycles. The summed E-state index contributed by atoms with van der Waals surface area (Å²) in [6.07, 6.45) is 5.22. The van der Waals surface area contributed by atoms with Gasteiger partial charge in [0.1, 0.15) is 0 Å². The average molecular weight is 283 g/mol. The van der Waals surface area contributed by atoms with E-state index in [1.807, 2.05) is 18.2 Å². The third-order valence-corrected chi connectivity index (χ3v) is 4.12. The van der Waals surface area contributed by atoms with E-state index in [9.17, 15) is 4.79 Å². The first kappa shape index (κ1) is 12.7. The van der Waals surface area contributed by atoms with Gasteiger partial charge in [-0.2, -0.15) is 0 Å². The van der Waals surface area contributed by atoms with Crippen molar-refractivity contribution < 1.29 is 4.79 Å². The van der Waals surface area contributed by atoms with Crippen molar-refractivity contribution in [1.82, 2.24) is 5.32 Å². The zero-order valence-electron chi connectivity index (χ0n) is 11.9. The molecule has 0 aliphatic rings. The quantitative estimate of drug-likeness (QED) is 0.438. The van der Waals surface area contributed by atoms with Gasteiger partial charge in [0.2, 0.25) is 0 Å². The van der Waals surface area contributed by atoms with Crippen LogP contribution < -0.4 is 5.32 Å². The van der Waals surface area contributed by atoms with E-state index in [1.165, 1.54) is 16.2 Å². The summed E-state index contributed by atoms with van der Waals surface area (Å²) in [7, 11) is 0. The zero-order chi connectivity index (χ0) is 15.1. The smallest absolute Gasteiger partial charge is 0.252 e. The molecule has 4 rings (SSSR count). The minimum atomic E-state index is -0.129. The Labute approximate surface area is 128 Å². The predicted molar refractivity (Wildman–Crippen MR) is 91.3 cm³/mol. The molecule has 4 aromatic rings. The number of hydrogen-bond acceptors (Lipinski definition) is 1. The largest absolute Gasteiger partial charge is 0.341 e. The van der Waals surface area contributed by atoms with Crippen LogP contribution in [-0.2, 0) is 0 Å². The standard InChI is InChI=1S/C20H13NO/c1-2-12-21-20(22)17-11-9-15-7-6-13-4-3-5-14-8-10-16(17)19(15)18(13)14/h1,3-11H,12H2,(H,21,22). The number of rotatable bonds is 2. The van der Waals surface area contributed by atoms with Gasteiger partial charge in [0, 0.05) is 5.56 Å². The summed E-state index contributed by atoms with van der Waals surface area (Å²) in [5.41, 5.74) is 0.668. The van der Waals surface area contributed by atoms with E-state index in [2.05, 4.69) is 47.6 Å². The van der Waals surface area contributed by atoms with Crippen LogP contribution in [0.3, 0.4) is 0 Å². The van der Waals surface area contributed by atoms with Crippen molar-refractivity contribution in [3.05, 3.63) is 60.2 Å². The van der Waals surface area contributed by atoms with E-state index >= 15 is 0 Å². The molecule has 0 radical (unpaired) electrons. The molecule has 0 aliphatic carbocycles. The van der Waals surface area contributed by atoms with Crippen LogP contribution in [0.2, 0.25) is 0 Å². The summed E-state index contributed by atoms with van der Waals surface area (Å²) in [5.74, 6) is 2.31. The second kappa shape index (κ2) is 4.75. The fraction of sp³-hybridized carbons (Fsp3) is 0.0500. The van der Waals surface area contributed by atoms with Crippen LogP contribution in [0.25, 0.3) is 32.3 Å². The molecule has 0 unspecified atom stereocenters. The zero-order valence-corrected chi connectivity index (χ0v) is 11.9. The van der Waals surface area contributed by atoms with Crippen LogP contribution in [0.5, 0.6) is 0 Å². The van der Waals surface area contributed by atoms with Crippen LogP contribution in [-0.4, -0.2) is 12.5 Å². The highest BCUT2D eigenvalue weighted by atomic mass is 16.1. The minimum absolute atomic E-state index is 0.129. The lowest BCUT2D eigenvalue weighted by Gasteiger charge is -2.13. The van der Waals surface area contributed by atoms with E-state index in [1.54, 1.807) is 0 Å². The molecular weight excluding hydrogens is 270 g/mol. The summed E-state index contributed by atoms with van der Waals surface area (Å²) < 4.78 is 0. The molecule has 2 heteroatoms. The molecule has 0 aliphatic heterocycles. The summed E-state index contributed by atoms with van der Waals surface area (Å²) in [5, 5.41) is 9.60. The van der Waals surface area contributed by atoms with Gasteiger partial charge in [-0.1, -0.05) is 54.5 Å². The van der Waals surface area contributed by atoms with E-state index in [0.29, 0.717) is 5.56 Å². The highest BCUT2D eigenvalue weighted by Gasteiger charge is 2.14. The Balaban J connectivity index is 2.09. The van der Waals surface area contributed by atoms with Crippen LogP contribution in [0.15, 0.2) is 54.6 Å². The first-order valence-electron chi connectivity index (χ1n) is 7.18. The molecule has 22 heavy (non-hydrogen) atoms. The van der Waals surface area contributed by atoms with Crippen molar-refractivity contribution in [1.29, 1.82) is 0 Å². The Morgan fingerprint density at radius 1 is 0.909 bits per heavy atom. The molecule has 0 heterocycles. The first-order valence-corrected chi connectivity index (χ1v) is 7.18. The Hall–Kier alpha value is -3.05. The van der Waals surface area contributed by atoms with Crippen molar-refractivity contribution in [2.24, 2.45) is 0 Å². The number of nitrogens with one attached hydrogen (secondary N) is 1. The van der Waals surface area contributed by atoms with Crippen molar-refractivity contribution in [2.75, 3.05) is 6.54 Å². The van der Waals surface area contributed by atoms with Gasteiger partial charge in [0.05, 0.1) is 6.54 Å². The number of benzene rings is 4. The van der Waals surface area contributed by atoms with Gasteiger partial charge < -0.3 is 5.32 Å². The van der Waals surface area contributed by atoms with Gasteiger partial charge in [-0.15, -0.1) is 6.42 Å². The van der Waals surface area contributed by atoms with E-state index in [4.69, 9.17) is 6.42 Å². The Morgan fingerprint density at radius 2 is 1.55 bits per heavy atom. The molecule has 0 bridgehead atoms. The fourth-order valence-corrected chi connectivity index (χ4v) is 3.16. The van der Waals surface area contributed by atoms with Crippen molar-refractivity contribution in [3.8, 4) is 12.3 Å². The van der Waals surface area contributed by atoms with Crippen molar-refractivity contribution >= 4 is 38.2 Å². The van der Waals surface area contributed by atoms with Gasteiger partial charge in [0.25, 0.3) is 5.91 Å². The Kier molecular flexibility index (Phi) is 2.74. The van der Waals surface area contributed by atoms with Gasteiger partial charge >= 0.3 is 0 Å². The number of terminal acetylenes is 1. The molecule has 1 N–H and O–H groups in total. The molecule has 0 atom stereocenters. The molecule has 2 nitrogen and oxygen atoms in total. The molecule has 0 saturated heterocycles. The maximum atomic E-state index is 12.3. The molecule has 0 spiro atoms. The van der Waals surface area contributed by atoms with Crippen LogP contribution in [0, 0.1) is 12.3 Å². The summed E-state index contributed by atoms with van der Waals surface area (Å²) >= 11 is 0. The Bertz CT molecular complexity index is 1040. The highest BCUT2D eigenvalue weighted by molar-refractivity contribution is 6.26. The third kappa shape index (κ3) is 1.73. The Morgan fingerprint density at radius 3 is 2.27 bits per heavy atom. The summed E-state index contributed by atoms with van der Waals surface area (Å²) in [6.45, 7) is 0.237. The van der Waals surface area contributed by atoms with E-state index < -0.39 is 0 Å². The average Bonchev–Trinajstić information content (AvgIpc) is 2.57. The maximum Gasteiger partial charge on any atom is 0.252 e. The molecule has 1 amide bonds. The van der Waals surface area contributed by atoms with Crippen LogP contribution in [0.1, 0.15) is 10.4 Å². The first-order chi connectivity index (χ1) is 10.8. The number of hydrogen-bond donors (Lipinski definition) is 1. The summed E-state index contributed by atoms with van der Waals surface area (Å²) in [6, 6.07) is 18.5. The van der Waals surface area contributed by atoms with Crippen molar-refractivity contribution in [3.63, 3.8) is 0 Å². The SMILES string of the molecule is C#CCNC(=O)c1ccc2ccc3cccc4ccc1c2c34. The minimum Gasteiger partial charge on any atom is -0.341 e. The molecular formula is C20H13NO. The number of amides is 1. The molecule has 104 valence electrons. The normalized spacial score (nSPS) is 11.0. The van der Waals surface area contributed by atoms with E-state index in [-0.39, 0.29) is 12.5 Å². The number of carbonyl (C=O) groups excluding carboxylic acids is 1. The predicted octanol–water partition coefficient (Wildman–Crippen LogP) is 3.95. The lowest BCUT2D eigenvalue weighted by molar-refractivity contribution is 0.0960. The molecule has 4 aromatic carbocycles. The van der Waals surface area contributed by atoms with Crippen LogP contribution >= 0.6 is 0 Å². The third-order valence-electron chi connectivity index (χ3n) is 4.12. The fourth-order valence-electron chi connectivity index (χ4n) is 3.16. The van der Waals surface area contributed by atoms with E-state index in [0.717, 1.165) is 16.2 Å². The topological polar surface area (TPSA) is 29.1 Å². The monoisotopic (exact) mass is 283 g/mol. The maximum absolute atomic E-state index is 12.3. The lowest BCUT2D eigenvalue weighted by atomic mass is 9.92. The number of carbonyl (C=O) groups is 1. The summed E-state index contributed by atoms with van der Waals surface area (Å²) in [4.78, 5) is 12.3. The van der Waals surface area contributed by atoms with Gasteiger partial charge in [0.15, 0.2) is 0 Å². The highest BCUT2D eigenvalue weighted by Crippen LogP contribution is 2.35. The van der Waals surface area contributed by atoms with Gasteiger partial charge in [-0.25, -0.2) is 0 Å². The second-order valence-corrected chi connectivity index (χ2v) is 5.36. The molecule has 0 fully saturated rings. The van der Waals surface area contributed by atoms with Crippen molar-refractivity contribution in [2.45, 2.75) is 0 Å². The van der Waals surface area contributed by atoms with Crippen LogP contribution in [0.4, 0.5) is 0 Å². The van der Waals surface area contributed by atoms with Gasteiger partial charge in [-0.05, 0) is 38.4 Å².